The average molecular weight is 322 g/mol. The van der Waals surface area contributed by atoms with Crippen molar-refractivity contribution in [3.63, 3.8) is 0 Å². The van der Waals surface area contributed by atoms with Crippen LogP contribution in [0.4, 0.5) is 4.39 Å². The first-order valence-electron chi connectivity index (χ1n) is 8.27. The van der Waals surface area contributed by atoms with Crippen LogP contribution in [0.25, 0.3) is 22.5 Å². The molecule has 0 atom stereocenters. The van der Waals surface area contributed by atoms with Crippen molar-refractivity contribution in [2.45, 2.75) is 18.9 Å². The van der Waals surface area contributed by atoms with E-state index in [-0.39, 0.29) is 5.82 Å². The molecule has 0 amide bonds. The molecule has 2 aromatic heterocycles. The molecule has 4 nitrogen and oxygen atoms in total. The first-order valence-corrected chi connectivity index (χ1v) is 8.27. The van der Waals surface area contributed by atoms with E-state index in [0.717, 1.165) is 37.2 Å². The lowest BCUT2D eigenvalue weighted by Crippen LogP contribution is -2.29. The number of nitrogens with one attached hydrogen (secondary N) is 1. The zero-order valence-electron chi connectivity index (χ0n) is 13.3. The number of nitrogens with zero attached hydrogens (tertiary/aromatic N) is 3. The van der Waals surface area contributed by atoms with Crippen molar-refractivity contribution >= 4 is 0 Å². The molecule has 0 spiro atoms. The van der Waals surface area contributed by atoms with Crippen LogP contribution in [0.3, 0.4) is 0 Å². The van der Waals surface area contributed by atoms with E-state index in [9.17, 15) is 4.39 Å². The lowest BCUT2D eigenvalue weighted by Gasteiger charge is -2.26. The van der Waals surface area contributed by atoms with Gasteiger partial charge in [0.2, 0.25) is 0 Å². The largest absolute Gasteiger partial charge is 0.327 e. The monoisotopic (exact) mass is 322 g/mol. The van der Waals surface area contributed by atoms with Crippen LogP contribution in [0.5, 0.6) is 0 Å². The van der Waals surface area contributed by atoms with Crippen molar-refractivity contribution in [1.29, 1.82) is 0 Å². The minimum atomic E-state index is -0.247. The van der Waals surface area contributed by atoms with E-state index in [1.165, 1.54) is 6.07 Å². The van der Waals surface area contributed by atoms with Gasteiger partial charge in [-0.05, 0) is 50.2 Å². The summed E-state index contributed by atoms with van der Waals surface area (Å²) in [5.74, 6) is -0.247. The Morgan fingerprint density at radius 1 is 1.04 bits per heavy atom. The Kier molecular flexibility index (Phi) is 4.09. The van der Waals surface area contributed by atoms with Crippen LogP contribution in [0.1, 0.15) is 18.9 Å². The number of imidazole rings is 1. The lowest BCUT2D eigenvalue weighted by molar-refractivity contribution is 0.370. The van der Waals surface area contributed by atoms with Gasteiger partial charge in [0.05, 0.1) is 17.7 Å². The number of hydrogen-bond donors (Lipinski definition) is 1. The Bertz CT molecular complexity index is 822. The van der Waals surface area contributed by atoms with Gasteiger partial charge in [-0.1, -0.05) is 12.1 Å². The molecule has 4 rings (SSSR count). The number of rotatable bonds is 3. The second kappa shape index (κ2) is 6.53. The third kappa shape index (κ3) is 2.71. The summed E-state index contributed by atoms with van der Waals surface area (Å²) in [5.41, 5.74) is 3.21. The minimum absolute atomic E-state index is 0.247. The molecule has 24 heavy (non-hydrogen) atoms. The highest BCUT2D eigenvalue weighted by Gasteiger charge is 2.23. The van der Waals surface area contributed by atoms with Crippen molar-refractivity contribution in [2.24, 2.45) is 0 Å². The van der Waals surface area contributed by atoms with Gasteiger partial charge in [-0.25, -0.2) is 9.37 Å². The highest BCUT2D eigenvalue weighted by molar-refractivity contribution is 5.78. The fourth-order valence-corrected chi connectivity index (χ4v) is 3.37. The summed E-state index contributed by atoms with van der Waals surface area (Å²) >= 11 is 0. The molecular formula is C19H19FN4. The predicted molar refractivity (Wildman–Crippen MR) is 92.0 cm³/mol. The van der Waals surface area contributed by atoms with Crippen molar-refractivity contribution in [1.82, 2.24) is 19.9 Å². The van der Waals surface area contributed by atoms with Gasteiger partial charge in [0, 0.05) is 29.6 Å². The van der Waals surface area contributed by atoms with Gasteiger partial charge in [-0.3, -0.25) is 4.98 Å². The average Bonchev–Trinajstić information content (AvgIpc) is 3.08. The van der Waals surface area contributed by atoms with E-state index in [2.05, 4.69) is 19.9 Å². The second-order valence-electron chi connectivity index (χ2n) is 6.05. The molecule has 0 radical (unpaired) electrons. The van der Waals surface area contributed by atoms with E-state index in [1.54, 1.807) is 24.5 Å². The molecule has 3 heterocycles. The quantitative estimate of drug-likeness (QED) is 0.800. The van der Waals surface area contributed by atoms with Gasteiger partial charge in [0.15, 0.2) is 0 Å². The Morgan fingerprint density at radius 3 is 2.54 bits per heavy atom. The molecular weight excluding hydrogens is 303 g/mol. The number of piperidine rings is 1. The number of aromatic nitrogens is 3. The normalized spacial score (nSPS) is 15.5. The van der Waals surface area contributed by atoms with Gasteiger partial charge in [-0.15, -0.1) is 0 Å². The van der Waals surface area contributed by atoms with Crippen molar-refractivity contribution in [3.05, 3.63) is 60.9 Å². The van der Waals surface area contributed by atoms with Gasteiger partial charge >= 0.3 is 0 Å². The van der Waals surface area contributed by atoms with Crippen LogP contribution >= 0.6 is 0 Å². The summed E-state index contributed by atoms with van der Waals surface area (Å²) in [6.07, 6.45) is 7.48. The molecule has 1 fully saturated rings. The Hall–Kier alpha value is -2.53. The van der Waals surface area contributed by atoms with Crippen LogP contribution in [-0.2, 0) is 0 Å². The summed E-state index contributed by atoms with van der Waals surface area (Å²) in [7, 11) is 0. The van der Waals surface area contributed by atoms with Crippen LogP contribution in [0.2, 0.25) is 0 Å². The number of halogens is 1. The zero-order valence-corrected chi connectivity index (χ0v) is 13.3. The molecule has 3 aromatic rings. The fourth-order valence-electron chi connectivity index (χ4n) is 3.37. The smallest absolute Gasteiger partial charge is 0.132 e. The fraction of sp³-hybridized carbons (Fsp3) is 0.263. The Labute approximate surface area is 140 Å². The molecule has 0 bridgehead atoms. The topological polar surface area (TPSA) is 42.7 Å². The highest BCUT2D eigenvalue weighted by Crippen LogP contribution is 2.35. The summed E-state index contributed by atoms with van der Waals surface area (Å²) in [6, 6.07) is 11.1. The standard InChI is InChI=1S/C19H19FN4/c20-17-4-2-1-3-16(17)18-19(14-5-9-21-10-6-14)24(13-23-18)15-7-11-22-12-8-15/h1-6,9-10,13,15,22H,7-8,11-12H2. The van der Waals surface area contributed by atoms with E-state index in [1.807, 2.05) is 24.5 Å². The van der Waals surface area contributed by atoms with Crippen molar-refractivity contribution in [3.8, 4) is 22.5 Å². The van der Waals surface area contributed by atoms with Gasteiger partial charge < -0.3 is 9.88 Å². The second-order valence-corrected chi connectivity index (χ2v) is 6.05. The first kappa shape index (κ1) is 15.0. The summed E-state index contributed by atoms with van der Waals surface area (Å²) in [4.78, 5) is 8.68. The van der Waals surface area contributed by atoms with Gasteiger partial charge in [0.25, 0.3) is 0 Å². The maximum Gasteiger partial charge on any atom is 0.132 e. The molecule has 1 aromatic carbocycles. The van der Waals surface area contributed by atoms with Crippen LogP contribution in [0.15, 0.2) is 55.1 Å². The predicted octanol–water partition coefficient (Wildman–Crippen LogP) is 3.68. The summed E-state index contributed by atoms with van der Waals surface area (Å²) < 4.78 is 16.6. The molecule has 1 aliphatic rings. The summed E-state index contributed by atoms with van der Waals surface area (Å²) in [6.45, 7) is 1.99. The highest BCUT2D eigenvalue weighted by atomic mass is 19.1. The van der Waals surface area contributed by atoms with Gasteiger partial charge in [-0.2, -0.15) is 0 Å². The summed E-state index contributed by atoms with van der Waals surface area (Å²) in [5, 5.41) is 3.39. The minimum Gasteiger partial charge on any atom is -0.327 e. The molecule has 1 N–H and O–H groups in total. The molecule has 0 aliphatic carbocycles. The molecule has 1 aliphatic heterocycles. The lowest BCUT2D eigenvalue weighted by atomic mass is 10.0. The zero-order chi connectivity index (χ0) is 16.4. The maximum atomic E-state index is 14.4. The number of pyridine rings is 1. The Balaban J connectivity index is 1.88. The van der Waals surface area contributed by atoms with E-state index in [0.29, 0.717) is 17.3 Å². The number of benzene rings is 1. The van der Waals surface area contributed by atoms with Crippen LogP contribution in [-0.4, -0.2) is 27.6 Å². The molecule has 1 saturated heterocycles. The molecule has 0 saturated carbocycles. The van der Waals surface area contributed by atoms with Gasteiger partial charge in [0.1, 0.15) is 5.82 Å². The van der Waals surface area contributed by atoms with Crippen LogP contribution < -0.4 is 5.32 Å². The van der Waals surface area contributed by atoms with Crippen molar-refractivity contribution in [2.75, 3.05) is 13.1 Å². The third-order valence-electron chi connectivity index (χ3n) is 4.58. The van der Waals surface area contributed by atoms with Crippen LogP contribution in [0, 0.1) is 5.82 Å². The third-order valence-corrected chi connectivity index (χ3v) is 4.58. The molecule has 122 valence electrons. The number of hydrogen-bond acceptors (Lipinski definition) is 3. The van der Waals surface area contributed by atoms with E-state index >= 15 is 0 Å². The molecule has 5 heteroatoms. The molecule has 0 unspecified atom stereocenters. The Morgan fingerprint density at radius 2 is 1.79 bits per heavy atom. The SMILES string of the molecule is Fc1ccccc1-c1ncn(C2CCNCC2)c1-c1ccncc1. The van der Waals surface area contributed by atoms with E-state index < -0.39 is 0 Å². The maximum absolute atomic E-state index is 14.4. The van der Waals surface area contributed by atoms with Crippen molar-refractivity contribution < 1.29 is 4.39 Å². The first-order chi connectivity index (χ1) is 11.8. The van der Waals surface area contributed by atoms with E-state index in [4.69, 9.17) is 0 Å².